The number of hydrogen-bond donors (Lipinski definition) is 1. The molecule has 0 radical (unpaired) electrons. The lowest BCUT2D eigenvalue weighted by atomic mass is 9.87. The maximum atomic E-state index is 14.1. The summed E-state index contributed by atoms with van der Waals surface area (Å²) in [5.74, 6) is 0.114. The van der Waals surface area contributed by atoms with Gasteiger partial charge in [0.15, 0.2) is 0 Å². The number of nitrogens with zero attached hydrogens (tertiary/aromatic N) is 3. The summed E-state index contributed by atoms with van der Waals surface area (Å²) in [7, 11) is 1.92. The Morgan fingerprint density at radius 1 is 1.21 bits per heavy atom. The van der Waals surface area contributed by atoms with Crippen LogP contribution in [0.4, 0.5) is 14.5 Å². The Hall–Kier alpha value is -3.49. The number of carbonyl (C=O) groups excluding carboxylic acids is 1. The van der Waals surface area contributed by atoms with Gasteiger partial charge in [0.05, 0.1) is 6.54 Å². The molecule has 222 valence electrons. The molecule has 0 saturated carbocycles. The third kappa shape index (κ3) is 8.07. The smallest absolute Gasteiger partial charge is 0.228 e. The van der Waals surface area contributed by atoms with Crippen LogP contribution in [0.2, 0.25) is 0 Å². The number of anilines is 1. The number of rotatable bonds is 9. The number of amides is 1. The highest BCUT2D eigenvalue weighted by Crippen LogP contribution is 2.36. The van der Waals surface area contributed by atoms with Crippen molar-refractivity contribution in [1.29, 1.82) is 0 Å². The molecule has 1 N–H and O–H groups in total. The van der Waals surface area contributed by atoms with Crippen LogP contribution in [0, 0.1) is 11.7 Å². The van der Waals surface area contributed by atoms with Gasteiger partial charge in [0.1, 0.15) is 17.5 Å². The van der Waals surface area contributed by atoms with Gasteiger partial charge in [-0.05, 0) is 90.2 Å². The number of allylic oxidation sites excluding steroid dienone is 6. The molecule has 0 fully saturated rings. The summed E-state index contributed by atoms with van der Waals surface area (Å²) in [4.78, 5) is 20.9. The van der Waals surface area contributed by atoms with E-state index in [0.717, 1.165) is 46.8 Å². The first-order valence-corrected chi connectivity index (χ1v) is 15.5. The van der Waals surface area contributed by atoms with E-state index in [4.69, 9.17) is 0 Å². The molecule has 2 aliphatic rings. The summed E-state index contributed by atoms with van der Waals surface area (Å²) in [6.45, 7) is 6.29. The maximum Gasteiger partial charge on any atom is 0.228 e. The van der Waals surface area contributed by atoms with Gasteiger partial charge in [0, 0.05) is 48.9 Å². The number of imidazole rings is 1. The first-order valence-electron chi connectivity index (χ1n) is 14.7. The van der Waals surface area contributed by atoms with Gasteiger partial charge in [0.2, 0.25) is 5.91 Å². The van der Waals surface area contributed by atoms with E-state index in [9.17, 15) is 13.6 Å². The number of halogens is 2. The molecule has 5 nitrogen and oxygen atoms in total. The molecule has 0 saturated heterocycles. The van der Waals surface area contributed by atoms with Crippen LogP contribution in [-0.2, 0) is 24.8 Å². The summed E-state index contributed by atoms with van der Waals surface area (Å²) >= 11 is 1.43. The van der Waals surface area contributed by atoms with Crippen molar-refractivity contribution in [2.45, 2.75) is 70.4 Å². The second-order valence-electron chi connectivity index (χ2n) is 10.4. The molecule has 0 spiro atoms. The molecule has 2 aromatic carbocycles. The van der Waals surface area contributed by atoms with Crippen LogP contribution in [0.1, 0.15) is 69.4 Å². The number of hydrogen-bond acceptors (Lipinski definition) is 4. The van der Waals surface area contributed by atoms with Crippen molar-refractivity contribution >= 4 is 23.5 Å². The fraction of sp³-hybridized carbons (Fsp3) is 0.353. The summed E-state index contributed by atoms with van der Waals surface area (Å²) in [5.41, 5.74) is 4.02. The van der Waals surface area contributed by atoms with Crippen LogP contribution < -0.4 is 9.62 Å². The van der Waals surface area contributed by atoms with Crippen LogP contribution in [0.25, 0.3) is 0 Å². The molecule has 0 bridgehead atoms. The Kier molecular flexibility index (Phi) is 11.3. The maximum absolute atomic E-state index is 14.1. The van der Waals surface area contributed by atoms with Gasteiger partial charge < -0.3 is 9.47 Å². The van der Waals surface area contributed by atoms with Crippen molar-refractivity contribution in [3.8, 4) is 0 Å². The average Bonchev–Trinajstić information content (AvgIpc) is 3.27. The molecular formula is C34H40F2N4OS. The van der Waals surface area contributed by atoms with E-state index >= 15 is 0 Å². The highest BCUT2D eigenvalue weighted by atomic mass is 32.2. The minimum absolute atomic E-state index is 0.0483. The summed E-state index contributed by atoms with van der Waals surface area (Å²) in [5, 5.41) is 0. The molecular weight excluding hydrogens is 550 g/mol. The zero-order valence-corrected chi connectivity index (χ0v) is 25.6. The second-order valence-corrected chi connectivity index (χ2v) is 11.3. The molecule has 8 heteroatoms. The van der Waals surface area contributed by atoms with E-state index in [-0.39, 0.29) is 42.4 Å². The predicted octanol–water partition coefficient (Wildman–Crippen LogP) is 8.56. The zero-order chi connectivity index (χ0) is 30.1. The van der Waals surface area contributed by atoms with E-state index in [1.807, 2.05) is 62.9 Å². The van der Waals surface area contributed by atoms with Crippen molar-refractivity contribution in [3.63, 3.8) is 0 Å². The zero-order valence-electron chi connectivity index (χ0n) is 24.8. The molecule has 3 aromatic rings. The highest BCUT2D eigenvalue weighted by Gasteiger charge is 2.26. The standard InChI is InChI=1S/C32H34F2N4OS.C2H6/c1-22(24-7-3-4-9-25(33)18-24)17-32(39)38(21-31-35-15-16-37(31)2)27-14-13-23-8-5-12-30(29(23)20-27)36-40-28-11-6-10-26(34)19-28;1-2/h3-4,6-7,10-11,13-16,18-20,22,30,36H,5,8-9,12,17,21H2,1-2H3;1-2H3. The normalized spacial score (nSPS) is 16.8. The second kappa shape index (κ2) is 15.1. The first-order chi connectivity index (χ1) is 20.4. The quantitative estimate of drug-likeness (QED) is 0.254. The number of nitrogens with one attached hydrogen (secondary N) is 1. The van der Waals surface area contributed by atoms with Gasteiger partial charge in [-0.3, -0.25) is 9.52 Å². The molecule has 1 amide bonds. The first kappa shape index (κ1) is 31.4. The molecule has 2 aliphatic carbocycles. The Bertz CT molecular complexity index is 1460. The van der Waals surface area contributed by atoms with Crippen LogP contribution in [0.3, 0.4) is 0 Å². The number of fused-ring (bicyclic) bond motifs is 1. The fourth-order valence-electron chi connectivity index (χ4n) is 5.20. The number of benzene rings is 2. The van der Waals surface area contributed by atoms with Crippen molar-refractivity contribution in [1.82, 2.24) is 14.3 Å². The third-order valence-corrected chi connectivity index (χ3v) is 8.39. The van der Waals surface area contributed by atoms with Crippen LogP contribution in [0.15, 0.2) is 95.5 Å². The SMILES string of the molecule is CC.CC(CC(=O)N(Cc1nccn1C)c1ccc2c(c1)C(NSc1cccc(F)c1)CCC2)C1=CC=CCC(F)=C1. The molecule has 5 rings (SSSR count). The molecule has 42 heavy (non-hydrogen) atoms. The largest absolute Gasteiger partial charge is 0.337 e. The van der Waals surface area contributed by atoms with Crippen molar-refractivity contribution in [2.75, 3.05) is 4.90 Å². The average molecular weight is 591 g/mol. The van der Waals surface area contributed by atoms with Crippen molar-refractivity contribution in [3.05, 3.63) is 113 Å². The molecule has 2 unspecified atom stereocenters. The van der Waals surface area contributed by atoms with Gasteiger partial charge in [0.25, 0.3) is 0 Å². The Labute approximate surface area is 252 Å². The Morgan fingerprint density at radius 2 is 2.05 bits per heavy atom. The van der Waals surface area contributed by atoms with Crippen LogP contribution in [0.5, 0.6) is 0 Å². The van der Waals surface area contributed by atoms with E-state index in [1.165, 1.54) is 29.6 Å². The topological polar surface area (TPSA) is 50.2 Å². The summed E-state index contributed by atoms with van der Waals surface area (Å²) in [6.07, 6.45) is 14.1. The lowest BCUT2D eigenvalue weighted by Gasteiger charge is -2.30. The number of aromatic nitrogens is 2. The number of aryl methyl sites for hydroxylation is 2. The minimum Gasteiger partial charge on any atom is -0.337 e. The molecule has 1 aromatic heterocycles. The van der Waals surface area contributed by atoms with Crippen molar-refractivity contribution in [2.24, 2.45) is 13.0 Å². The van der Waals surface area contributed by atoms with Gasteiger partial charge >= 0.3 is 0 Å². The van der Waals surface area contributed by atoms with Crippen LogP contribution >= 0.6 is 11.9 Å². The number of carbonyl (C=O) groups is 1. The Morgan fingerprint density at radius 3 is 2.81 bits per heavy atom. The molecule has 0 aliphatic heterocycles. The predicted molar refractivity (Wildman–Crippen MR) is 168 cm³/mol. The van der Waals surface area contributed by atoms with Gasteiger partial charge in [-0.15, -0.1) is 0 Å². The van der Waals surface area contributed by atoms with Gasteiger partial charge in [-0.2, -0.15) is 0 Å². The molecule has 1 heterocycles. The lowest BCUT2D eigenvalue weighted by Crippen LogP contribution is -2.33. The van der Waals surface area contributed by atoms with Crippen molar-refractivity contribution < 1.29 is 13.6 Å². The minimum atomic E-state index is -0.260. The summed E-state index contributed by atoms with van der Waals surface area (Å²) < 4.78 is 33.3. The van der Waals surface area contributed by atoms with Gasteiger partial charge in [-0.25, -0.2) is 13.8 Å². The highest BCUT2D eigenvalue weighted by molar-refractivity contribution is 7.97. The van der Waals surface area contributed by atoms with E-state index in [0.29, 0.717) is 6.54 Å². The third-order valence-electron chi connectivity index (χ3n) is 7.50. The van der Waals surface area contributed by atoms with E-state index in [1.54, 1.807) is 29.3 Å². The van der Waals surface area contributed by atoms with Gasteiger partial charge in [-0.1, -0.05) is 51.1 Å². The lowest BCUT2D eigenvalue weighted by molar-refractivity contribution is -0.119. The van der Waals surface area contributed by atoms with E-state index in [2.05, 4.69) is 21.8 Å². The fourth-order valence-corrected chi connectivity index (χ4v) is 6.05. The monoisotopic (exact) mass is 590 g/mol. The molecule has 2 atom stereocenters. The van der Waals surface area contributed by atoms with Crippen LogP contribution in [-0.4, -0.2) is 15.5 Å². The summed E-state index contributed by atoms with van der Waals surface area (Å²) in [6, 6.07) is 12.9. The van der Waals surface area contributed by atoms with E-state index < -0.39 is 0 Å². The Balaban J connectivity index is 0.00000198.